The molecule has 0 aliphatic carbocycles. The fraction of sp³-hybridized carbons (Fsp3) is 0.222. The van der Waals surface area contributed by atoms with Crippen LogP contribution in [0.4, 0.5) is 13.2 Å². The molecule has 4 nitrogen and oxygen atoms in total. The van der Waals surface area contributed by atoms with Crippen molar-refractivity contribution >= 4 is 11.3 Å². The van der Waals surface area contributed by atoms with Crippen molar-refractivity contribution in [2.45, 2.75) is 12.0 Å². The van der Waals surface area contributed by atoms with Gasteiger partial charge in [-0.05, 0) is 11.4 Å². The van der Waals surface area contributed by atoms with Gasteiger partial charge in [0.1, 0.15) is 0 Å². The van der Waals surface area contributed by atoms with Gasteiger partial charge in [-0.3, -0.25) is 0 Å². The second-order valence-electron chi connectivity index (χ2n) is 3.18. The number of oxazole rings is 1. The van der Waals surface area contributed by atoms with E-state index in [1.54, 1.807) is 17.5 Å². The molecule has 92 valence electrons. The minimum Gasteiger partial charge on any atom is -0.434 e. The summed E-state index contributed by atoms with van der Waals surface area (Å²) in [5, 5.41) is 19.5. The third-order valence-electron chi connectivity index (χ3n) is 1.96. The second-order valence-corrected chi connectivity index (χ2v) is 4.12. The Hall–Kier alpha value is -1.38. The first kappa shape index (κ1) is 12.1. The van der Waals surface area contributed by atoms with Crippen molar-refractivity contribution in [3.05, 3.63) is 29.6 Å². The Morgan fingerprint density at radius 1 is 1.29 bits per heavy atom. The van der Waals surface area contributed by atoms with Crippen molar-refractivity contribution in [3.8, 4) is 10.6 Å². The smallest absolute Gasteiger partial charge is 0.434 e. The number of aromatic nitrogens is 1. The van der Waals surface area contributed by atoms with Crippen LogP contribution >= 0.6 is 11.3 Å². The van der Waals surface area contributed by atoms with E-state index < -0.39 is 17.9 Å². The molecule has 2 rings (SSSR count). The molecule has 2 aromatic heterocycles. The highest BCUT2D eigenvalue weighted by molar-refractivity contribution is 7.13. The molecule has 0 saturated heterocycles. The molecule has 0 fully saturated rings. The first-order chi connectivity index (χ1) is 7.82. The van der Waals surface area contributed by atoms with Gasteiger partial charge in [0.05, 0.1) is 11.1 Å². The quantitative estimate of drug-likeness (QED) is 0.816. The average Bonchev–Trinajstić information content (AvgIpc) is 2.87. The third-order valence-corrected chi connectivity index (χ3v) is 2.85. The third kappa shape index (κ3) is 2.06. The van der Waals surface area contributed by atoms with Crippen molar-refractivity contribution in [3.63, 3.8) is 0 Å². The van der Waals surface area contributed by atoms with E-state index in [9.17, 15) is 13.2 Å². The van der Waals surface area contributed by atoms with Crippen molar-refractivity contribution < 1.29 is 27.8 Å². The molecule has 0 bridgehead atoms. The van der Waals surface area contributed by atoms with Gasteiger partial charge < -0.3 is 14.6 Å². The van der Waals surface area contributed by atoms with Crippen LogP contribution in [0.5, 0.6) is 0 Å². The maximum Gasteiger partial charge on any atom is 0.453 e. The first-order valence-corrected chi connectivity index (χ1v) is 5.22. The average molecular weight is 265 g/mol. The highest BCUT2D eigenvalue weighted by atomic mass is 32.1. The Morgan fingerprint density at radius 2 is 2.00 bits per heavy atom. The predicted octanol–water partition coefficient (Wildman–Crippen LogP) is 2.10. The van der Waals surface area contributed by atoms with Crippen LogP contribution in [0.25, 0.3) is 10.6 Å². The minimum absolute atomic E-state index is 0.0479. The molecule has 2 aromatic rings. The zero-order valence-corrected chi connectivity index (χ0v) is 8.92. The lowest BCUT2D eigenvalue weighted by atomic mass is 10.3. The van der Waals surface area contributed by atoms with E-state index in [1.807, 2.05) is 0 Å². The summed E-state index contributed by atoms with van der Waals surface area (Å²) in [7, 11) is 0. The molecule has 0 saturated carbocycles. The fourth-order valence-electron chi connectivity index (χ4n) is 1.09. The molecular formula is C9H6F3NO3S. The lowest BCUT2D eigenvalue weighted by molar-refractivity contribution is -0.366. The Morgan fingerprint density at radius 3 is 2.53 bits per heavy atom. The zero-order valence-electron chi connectivity index (χ0n) is 8.10. The van der Waals surface area contributed by atoms with E-state index in [0.29, 0.717) is 4.88 Å². The van der Waals surface area contributed by atoms with E-state index in [2.05, 4.69) is 4.98 Å². The van der Waals surface area contributed by atoms with E-state index in [4.69, 9.17) is 14.6 Å². The van der Waals surface area contributed by atoms with Crippen molar-refractivity contribution in [1.29, 1.82) is 0 Å². The monoisotopic (exact) mass is 265 g/mol. The van der Waals surface area contributed by atoms with Crippen LogP contribution in [0.15, 0.2) is 28.1 Å². The summed E-state index contributed by atoms with van der Waals surface area (Å²) in [4.78, 5) is 3.77. The summed E-state index contributed by atoms with van der Waals surface area (Å²) < 4.78 is 41.5. The molecule has 0 aliphatic rings. The molecule has 0 radical (unpaired) electrons. The van der Waals surface area contributed by atoms with Crippen LogP contribution in [-0.4, -0.2) is 21.4 Å². The van der Waals surface area contributed by atoms with E-state index >= 15 is 0 Å². The normalized spacial score (nSPS) is 13.0. The van der Waals surface area contributed by atoms with Gasteiger partial charge in [-0.2, -0.15) is 13.2 Å². The van der Waals surface area contributed by atoms with Crippen LogP contribution in [0, 0.1) is 0 Å². The maximum atomic E-state index is 12.3. The van der Waals surface area contributed by atoms with Crippen LogP contribution in [0.1, 0.15) is 5.89 Å². The number of hydrogen-bond donors (Lipinski definition) is 2. The van der Waals surface area contributed by atoms with Gasteiger partial charge in [0.15, 0.2) is 5.76 Å². The minimum atomic E-state index is -5.27. The van der Waals surface area contributed by atoms with Crippen LogP contribution < -0.4 is 0 Å². The standard InChI is InChI=1S/C9H6F3NO3S/c10-9(11,12)8(14,15)7-13-4-5(16-7)6-2-1-3-17-6/h1-4,14-15H. The summed E-state index contributed by atoms with van der Waals surface area (Å²) in [5.74, 6) is -5.23. The van der Waals surface area contributed by atoms with E-state index in [1.165, 1.54) is 11.3 Å². The summed E-state index contributed by atoms with van der Waals surface area (Å²) >= 11 is 1.23. The Kier molecular flexibility index (Phi) is 2.72. The molecule has 0 atom stereocenters. The van der Waals surface area contributed by atoms with Crippen LogP contribution in [0.2, 0.25) is 0 Å². The van der Waals surface area contributed by atoms with Gasteiger partial charge in [0.25, 0.3) is 5.89 Å². The van der Waals surface area contributed by atoms with Crippen LogP contribution in [0.3, 0.4) is 0 Å². The Balaban J connectivity index is 2.37. The molecular weight excluding hydrogens is 259 g/mol. The highest BCUT2D eigenvalue weighted by Crippen LogP contribution is 2.37. The fourth-order valence-corrected chi connectivity index (χ4v) is 1.76. The van der Waals surface area contributed by atoms with Gasteiger partial charge in [-0.15, -0.1) is 11.3 Å². The van der Waals surface area contributed by atoms with Crippen molar-refractivity contribution in [2.75, 3.05) is 0 Å². The molecule has 2 N–H and O–H groups in total. The molecule has 2 heterocycles. The zero-order chi connectivity index (χ0) is 12.7. The Labute approximate surface area is 97.0 Å². The topological polar surface area (TPSA) is 66.5 Å². The molecule has 17 heavy (non-hydrogen) atoms. The van der Waals surface area contributed by atoms with Crippen LogP contribution in [-0.2, 0) is 5.79 Å². The Bertz CT molecular complexity index is 504. The molecule has 0 spiro atoms. The van der Waals surface area contributed by atoms with Gasteiger partial charge in [0, 0.05) is 0 Å². The summed E-state index contributed by atoms with van der Waals surface area (Å²) in [6.45, 7) is 0. The molecule has 0 unspecified atom stereocenters. The van der Waals surface area contributed by atoms with Gasteiger partial charge in [-0.1, -0.05) is 6.07 Å². The van der Waals surface area contributed by atoms with Gasteiger partial charge >= 0.3 is 12.0 Å². The number of hydrogen-bond acceptors (Lipinski definition) is 5. The number of rotatable bonds is 2. The van der Waals surface area contributed by atoms with E-state index in [-0.39, 0.29) is 5.76 Å². The van der Waals surface area contributed by atoms with Crippen molar-refractivity contribution in [1.82, 2.24) is 4.98 Å². The molecule has 0 amide bonds. The molecule has 8 heteroatoms. The highest BCUT2D eigenvalue weighted by Gasteiger charge is 2.58. The summed E-state index contributed by atoms with van der Waals surface area (Å²) in [6, 6.07) is 3.29. The van der Waals surface area contributed by atoms with Crippen molar-refractivity contribution in [2.24, 2.45) is 0 Å². The largest absolute Gasteiger partial charge is 0.453 e. The van der Waals surface area contributed by atoms with E-state index in [0.717, 1.165) is 6.20 Å². The summed E-state index contributed by atoms with van der Waals surface area (Å²) in [5.41, 5.74) is 0. The van der Waals surface area contributed by atoms with Gasteiger partial charge in [0.2, 0.25) is 0 Å². The van der Waals surface area contributed by atoms with Gasteiger partial charge in [-0.25, -0.2) is 4.98 Å². The number of nitrogens with zero attached hydrogens (tertiary/aromatic N) is 1. The SMILES string of the molecule is OC(O)(c1ncc(-c2cccs2)o1)C(F)(F)F. The lowest BCUT2D eigenvalue weighted by Gasteiger charge is -2.20. The second kappa shape index (κ2) is 3.83. The predicted molar refractivity (Wildman–Crippen MR) is 52.0 cm³/mol. The number of alkyl halides is 3. The molecule has 0 aromatic carbocycles. The molecule has 0 aliphatic heterocycles. The summed E-state index contributed by atoms with van der Waals surface area (Å²) in [6.07, 6.45) is -4.27. The first-order valence-electron chi connectivity index (χ1n) is 4.34. The lowest BCUT2D eigenvalue weighted by Crippen LogP contribution is -2.42. The number of thiophene rings is 1. The maximum absolute atomic E-state index is 12.3. The number of halogens is 3. The number of aliphatic hydroxyl groups is 2.